The van der Waals surface area contributed by atoms with Crippen LogP contribution in [-0.4, -0.2) is 0 Å². The van der Waals surface area contributed by atoms with E-state index in [0.29, 0.717) is 0 Å². The molecule has 0 aliphatic carbocycles. The van der Waals surface area contributed by atoms with Crippen molar-refractivity contribution in [3.05, 3.63) is 218 Å². The first kappa shape index (κ1) is 34.0. The minimum atomic E-state index is 0.800. The Morgan fingerprint density at radius 3 is 1.02 bits per heavy atom. The van der Waals surface area contributed by atoms with Crippen LogP contribution in [-0.2, 0) is 0 Å². The topological polar surface area (TPSA) is 32.8 Å². The summed E-state index contributed by atoms with van der Waals surface area (Å²) in [6.07, 6.45) is 0. The smallest absolute Gasteiger partial charge is 0.139 e. The van der Waals surface area contributed by atoms with Crippen molar-refractivity contribution in [2.75, 3.05) is 9.80 Å². The first-order valence-corrected chi connectivity index (χ1v) is 20.3. The molecule has 0 unspecified atom stereocenters. The summed E-state index contributed by atoms with van der Waals surface area (Å²) in [6.45, 7) is 0. The van der Waals surface area contributed by atoms with Crippen LogP contribution in [0.4, 0.5) is 34.1 Å². The van der Waals surface area contributed by atoms with E-state index in [4.69, 9.17) is 8.83 Å². The molecule has 2 aromatic heterocycles. The van der Waals surface area contributed by atoms with Crippen LogP contribution in [0.25, 0.3) is 76.5 Å². The van der Waals surface area contributed by atoms with Gasteiger partial charge in [-0.25, -0.2) is 0 Å². The Balaban J connectivity index is 1.04. The molecule has 282 valence electrons. The highest BCUT2D eigenvalue weighted by molar-refractivity contribution is 6.27. The SMILES string of the molecule is c1ccc(-c2c3c(cc4oc5cc6cc(N(c7ccccc7)c7ccccc7)ccc6cc5c24)oc2cc4cc(N(c5ccccc5)c5ccccc5)ccc4cc23)cc1. The highest BCUT2D eigenvalue weighted by atomic mass is 16.3. The summed E-state index contributed by atoms with van der Waals surface area (Å²) in [6, 6.07) is 77.2. The van der Waals surface area contributed by atoms with Gasteiger partial charge < -0.3 is 18.6 Å². The van der Waals surface area contributed by atoms with Crippen LogP contribution in [0.5, 0.6) is 0 Å². The van der Waals surface area contributed by atoms with Gasteiger partial charge in [-0.2, -0.15) is 0 Å². The molecule has 0 bridgehead atoms. The standard InChI is InChI=1S/C56H36N2O2/c1-6-16-37(17-7-1)54-55-48-32-38-26-28-46(57(42-18-8-2-9-19-42)43-20-10-3-11-21-43)30-40(38)34-50(48)59-52(55)36-53-56(54)49-33-39-27-29-47(31-41(39)35-51(49)60-53)58(44-22-12-4-13-23-44)45-24-14-5-15-25-45/h1-36H. The molecule has 0 atom stereocenters. The Morgan fingerprint density at radius 1 is 0.267 bits per heavy atom. The third-order valence-electron chi connectivity index (χ3n) is 11.7. The second-order valence-electron chi connectivity index (χ2n) is 15.3. The van der Waals surface area contributed by atoms with Gasteiger partial charge >= 0.3 is 0 Å². The number of fused-ring (bicyclic) bond motifs is 8. The number of furan rings is 2. The summed E-state index contributed by atoms with van der Waals surface area (Å²) in [7, 11) is 0. The lowest BCUT2D eigenvalue weighted by atomic mass is 9.93. The van der Waals surface area contributed by atoms with Crippen LogP contribution in [0.2, 0.25) is 0 Å². The maximum absolute atomic E-state index is 6.82. The summed E-state index contributed by atoms with van der Waals surface area (Å²) < 4.78 is 13.6. The molecule has 0 N–H and O–H groups in total. The van der Waals surface area contributed by atoms with Crippen LogP contribution in [0.15, 0.2) is 227 Å². The molecule has 60 heavy (non-hydrogen) atoms. The molecule has 0 aliphatic heterocycles. The van der Waals surface area contributed by atoms with E-state index in [1.165, 1.54) is 0 Å². The molecule has 0 amide bonds. The molecular formula is C56H36N2O2. The van der Waals surface area contributed by atoms with Crippen molar-refractivity contribution in [2.45, 2.75) is 0 Å². The first-order valence-electron chi connectivity index (χ1n) is 20.3. The number of benzene rings is 10. The number of rotatable bonds is 7. The quantitative estimate of drug-likeness (QED) is 0.162. The van der Waals surface area contributed by atoms with Crippen molar-refractivity contribution >= 4 is 99.5 Å². The van der Waals surface area contributed by atoms with E-state index in [1.807, 2.05) is 0 Å². The van der Waals surface area contributed by atoms with Crippen molar-refractivity contribution in [1.29, 1.82) is 0 Å². The molecule has 10 aromatic carbocycles. The maximum atomic E-state index is 6.82. The predicted octanol–water partition coefficient (Wildman–Crippen LogP) is 16.4. The summed E-state index contributed by atoms with van der Waals surface area (Å²) in [4.78, 5) is 4.59. The van der Waals surface area contributed by atoms with Gasteiger partial charge in [-0.15, -0.1) is 0 Å². The zero-order valence-electron chi connectivity index (χ0n) is 32.5. The molecule has 0 saturated heterocycles. The van der Waals surface area contributed by atoms with E-state index >= 15 is 0 Å². The third kappa shape index (κ3) is 5.61. The lowest BCUT2D eigenvalue weighted by molar-refractivity contribution is 0.657. The molecule has 0 aliphatic rings. The second kappa shape index (κ2) is 13.8. The molecule has 4 nitrogen and oxygen atoms in total. The average molecular weight is 769 g/mol. The fraction of sp³-hybridized carbons (Fsp3) is 0. The molecule has 12 aromatic rings. The van der Waals surface area contributed by atoms with E-state index in [2.05, 4.69) is 228 Å². The predicted molar refractivity (Wildman–Crippen MR) is 251 cm³/mol. The lowest BCUT2D eigenvalue weighted by Gasteiger charge is -2.25. The normalized spacial score (nSPS) is 11.7. The van der Waals surface area contributed by atoms with E-state index < -0.39 is 0 Å². The van der Waals surface area contributed by atoms with Crippen LogP contribution in [0.3, 0.4) is 0 Å². The monoisotopic (exact) mass is 768 g/mol. The summed E-state index contributed by atoms with van der Waals surface area (Å²) in [5, 5.41) is 8.84. The molecule has 0 radical (unpaired) electrons. The summed E-state index contributed by atoms with van der Waals surface area (Å²) >= 11 is 0. The van der Waals surface area contributed by atoms with E-state index in [9.17, 15) is 0 Å². The molecule has 12 rings (SSSR count). The van der Waals surface area contributed by atoms with Gasteiger partial charge in [-0.05, 0) is 124 Å². The fourth-order valence-corrected chi connectivity index (χ4v) is 9.03. The van der Waals surface area contributed by atoms with E-state index in [-0.39, 0.29) is 0 Å². The number of nitrogens with zero attached hydrogens (tertiary/aromatic N) is 2. The lowest BCUT2D eigenvalue weighted by Crippen LogP contribution is -2.09. The van der Waals surface area contributed by atoms with Gasteiger partial charge in [0.1, 0.15) is 22.3 Å². The number of para-hydroxylation sites is 4. The Bertz CT molecular complexity index is 3230. The van der Waals surface area contributed by atoms with Crippen molar-refractivity contribution in [1.82, 2.24) is 0 Å². The molecule has 2 heterocycles. The number of hydrogen-bond donors (Lipinski definition) is 0. The van der Waals surface area contributed by atoms with E-state index in [1.54, 1.807) is 0 Å². The molecular weight excluding hydrogens is 733 g/mol. The Labute approximate surface area is 346 Å². The Hall–Kier alpha value is -8.08. The first-order chi connectivity index (χ1) is 29.7. The van der Waals surface area contributed by atoms with Gasteiger partial charge in [0.2, 0.25) is 0 Å². The average Bonchev–Trinajstić information content (AvgIpc) is 3.84. The van der Waals surface area contributed by atoms with Crippen LogP contribution >= 0.6 is 0 Å². The van der Waals surface area contributed by atoms with Crippen molar-refractivity contribution in [3.63, 3.8) is 0 Å². The Kier molecular flexibility index (Phi) is 7.82. The van der Waals surface area contributed by atoms with Crippen molar-refractivity contribution < 1.29 is 8.83 Å². The minimum absolute atomic E-state index is 0.800. The summed E-state index contributed by atoms with van der Waals surface area (Å²) in [5.41, 5.74) is 12.1. The van der Waals surface area contributed by atoms with Crippen molar-refractivity contribution in [3.8, 4) is 11.1 Å². The zero-order chi connectivity index (χ0) is 39.6. The molecule has 0 saturated carbocycles. The maximum Gasteiger partial charge on any atom is 0.139 e. The van der Waals surface area contributed by atoms with Crippen LogP contribution in [0.1, 0.15) is 0 Å². The zero-order valence-corrected chi connectivity index (χ0v) is 32.5. The highest BCUT2D eigenvalue weighted by Crippen LogP contribution is 2.47. The molecule has 0 fully saturated rings. The number of anilines is 6. The van der Waals surface area contributed by atoms with Gasteiger partial charge in [0.25, 0.3) is 0 Å². The highest BCUT2D eigenvalue weighted by Gasteiger charge is 2.23. The third-order valence-corrected chi connectivity index (χ3v) is 11.7. The molecule has 4 heteroatoms. The van der Waals surface area contributed by atoms with Gasteiger partial charge in [0, 0.05) is 67.3 Å². The van der Waals surface area contributed by atoms with Crippen molar-refractivity contribution in [2.24, 2.45) is 0 Å². The fourth-order valence-electron chi connectivity index (χ4n) is 9.03. The Morgan fingerprint density at radius 2 is 0.633 bits per heavy atom. The minimum Gasteiger partial charge on any atom is -0.456 e. The van der Waals surface area contributed by atoms with E-state index in [0.717, 1.165) is 111 Å². The number of hydrogen-bond acceptors (Lipinski definition) is 4. The van der Waals surface area contributed by atoms with Gasteiger partial charge in [0.15, 0.2) is 0 Å². The largest absolute Gasteiger partial charge is 0.456 e. The summed E-state index contributed by atoms with van der Waals surface area (Å²) in [5.74, 6) is 0. The van der Waals surface area contributed by atoms with Gasteiger partial charge in [-0.3, -0.25) is 0 Å². The molecule has 0 spiro atoms. The van der Waals surface area contributed by atoms with Gasteiger partial charge in [0.05, 0.1) is 0 Å². The van der Waals surface area contributed by atoms with Gasteiger partial charge in [-0.1, -0.05) is 115 Å². The van der Waals surface area contributed by atoms with Crippen LogP contribution < -0.4 is 9.80 Å². The van der Waals surface area contributed by atoms with Crippen LogP contribution in [0, 0.1) is 0 Å². The second-order valence-corrected chi connectivity index (χ2v) is 15.3.